The minimum atomic E-state index is -0.0782. The Morgan fingerprint density at radius 1 is 1.53 bits per heavy atom. The van der Waals surface area contributed by atoms with Crippen molar-refractivity contribution in [3.8, 4) is 0 Å². The number of nitrogens with zero attached hydrogens (tertiary/aromatic N) is 2. The molecule has 0 spiro atoms. The second-order valence-corrected chi connectivity index (χ2v) is 4.30. The van der Waals surface area contributed by atoms with E-state index in [-0.39, 0.29) is 11.9 Å². The Morgan fingerprint density at radius 2 is 2.41 bits per heavy atom. The van der Waals surface area contributed by atoms with Crippen molar-refractivity contribution in [2.75, 3.05) is 6.54 Å². The Morgan fingerprint density at radius 3 is 3.18 bits per heavy atom. The normalized spacial score (nSPS) is 20.9. The average Bonchev–Trinajstić information content (AvgIpc) is 2.58. The lowest BCUT2D eigenvalue weighted by Crippen LogP contribution is -2.43. The summed E-state index contributed by atoms with van der Waals surface area (Å²) in [5.41, 5.74) is 0. The maximum absolute atomic E-state index is 11.9. The molecule has 0 bridgehead atoms. The van der Waals surface area contributed by atoms with Gasteiger partial charge in [-0.25, -0.2) is 0 Å². The number of rotatable bonds is 3. The van der Waals surface area contributed by atoms with Gasteiger partial charge in [-0.15, -0.1) is 0 Å². The zero-order chi connectivity index (χ0) is 12.1. The van der Waals surface area contributed by atoms with E-state index in [4.69, 9.17) is 4.52 Å². The maximum atomic E-state index is 11.9. The molecule has 2 N–H and O–H groups in total. The van der Waals surface area contributed by atoms with Gasteiger partial charge in [0.1, 0.15) is 0 Å². The highest BCUT2D eigenvalue weighted by Gasteiger charge is 2.19. The number of carbonyl (C=O) groups is 1. The fraction of sp³-hybridized carbons (Fsp3) is 0.727. The zero-order valence-corrected chi connectivity index (χ0v) is 10.0. The van der Waals surface area contributed by atoms with Gasteiger partial charge in [-0.3, -0.25) is 4.79 Å². The summed E-state index contributed by atoms with van der Waals surface area (Å²) in [4.78, 5) is 15.9. The van der Waals surface area contributed by atoms with Gasteiger partial charge in [0, 0.05) is 6.92 Å². The van der Waals surface area contributed by atoms with E-state index in [2.05, 4.69) is 20.8 Å². The largest absolute Gasteiger partial charge is 0.347 e. The highest BCUT2D eigenvalue weighted by molar-refractivity contribution is 5.81. The topological polar surface area (TPSA) is 80.0 Å². The number of hydrogen-bond donors (Lipinski definition) is 2. The predicted octanol–water partition coefficient (Wildman–Crippen LogP) is 0.526. The van der Waals surface area contributed by atoms with E-state index in [1.807, 2.05) is 0 Å². The molecule has 1 atom stereocenters. The fourth-order valence-electron chi connectivity index (χ4n) is 1.95. The van der Waals surface area contributed by atoms with Crippen LogP contribution in [0.15, 0.2) is 4.52 Å². The lowest BCUT2D eigenvalue weighted by molar-refractivity contribution is -0.123. The summed E-state index contributed by atoms with van der Waals surface area (Å²) in [5, 5.41) is 9.80. The van der Waals surface area contributed by atoms with Crippen LogP contribution in [0.1, 0.15) is 37.4 Å². The third-order valence-corrected chi connectivity index (χ3v) is 2.87. The maximum Gasteiger partial charge on any atom is 0.237 e. The number of aromatic nitrogens is 2. The summed E-state index contributed by atoms with van der Waals surface area (Å²) >= 11 is 0. The molecule has 0 saturated carbocycles. The first kappa shape index (κ1) is 12.0. The Hall–Kier alpha value is -1.43. The molecule has 1 fully saturated rings. The molecule has 1 saturated heterocycles. The molecule has 1 aliphatic rings. The molecule has 0 radical (unpaired) electrons. The van der Waals surface area contributed by atoms with Gasteiger partial charge in [0.25, 0.3) is 0 Å². The second-order valence-electron chi connectivity index (χ2n) is 4.30. The molecule has 1 aliphatic heterocycles. The standard InChI is InChI=1S/C11H18N4O2/c1-8-14-10(15-17-8)7-13-11(16)9-5-3-2-4-6-12-9/h9,12H,2-7H2,1H3,(H,13,16). The average molecular weight is 238 g/mol. The molecule has 1 aromatic heterocycles. The zero-order valence-electron chi connectivity index (χ0n) is 10.0. The lowest BCUT2D eigenvalue weighted by atomic mass is 10.1. The van der Waals surface area contributed by atoms with E-state index >= 15 is 0 Å². The number of nitrogens with one attached hydrogen (secondary N) is 2. The van der Waals surface area contributed by atoms with E-state index in [9.17, 15) is 4.79 Å². The number of carbonyl (C=O) groups excluding carboxylic acids is 1. The Labute approximate surface area is 100 Å². The molecule has 2 heterocycles. The molecule has 94 valence electrons. The van der Waals surface area contributed by atoms with Gasteiger partial charge in [0.05, 0.1) is 12.6 Å². The van der Waals surface area contributed by atoms with Crippen LogP contribution >= 0.6 is 0 Å². The molecule has 1 unspecified atom stereocenters. The third-order valence-electron chi connectivity index (χ3n) is 2.87. The van der Waals surface area contributed by atoms with E-state index in [0.29, 0.717) is 18.3 Å². The van der Waals surface area contributed by atoms with E-state index in [1.54, 1.807) is 6.92 Å². The molecule has 1 aromatic rings. The Balaban J connectivity index is 1.79. The monoisotopic (exact) mass is 238 g/mol. The van der Waals surface area contributed by atoms with Gasteiger partial charge < -0.3 is 15.2 Å². The number of aryl methyl sites for hydroxylation is 1. The van der Waals surface area contributed by atoms with Crippen LogP contribution in [0.2, 0.25) is 0 Å². The molecule has 17 heavy (non-hydrogen) atoms. The van der Waals surface area contributed by atoms with Crippen molar-refractivity contribution in [3.05, 3.63) is 11.7 Å². The second kappa shape index (κ2) is 5.77. The highest BCUT2D eigenvalue weighted by atomic mass is 16.5. The van der Waals surface area contributed by atoms with Crippen molar-refractivity contribution in [2.24, 2.45) is 0 Å². The highest BCUT2D eigenvalue weighted by Crippen LogP contribution is 2.08. The van der Waals surface area contributed by atoms with Crippen molar-refractivity contribution in [2.45, 2.75) is 45.2 Å². The lowest BCUT2D eigenvalue weighted by Gasteiger charge is -2.14. The molecule has 1 amide bonds. The van der Waals surface area contributed by atoms with Crippen LogP contribution in [0.25, 0.3) is 0 Å². The van der Waals surface area contributed by atoms with Gasteiger partial charge in [0.15, 0.2) is 5.82 Å². The summed E-state index contributed by atoms with van der Waals surface area (Å²) in [5.74, 6) is 1.06. The van der Waals surface area contributed by atoms with Crippen molar-refractivity contribution in [1.82, 2.24) is 20.8 Å². The molecule has 2 rings (SSSR count). The number of amides is 1. The minimum Gasteiger partial charge on any atom is -0.347 e. The van der Waals surface area contributed by atoms with Crippen LogP contribution in [0.4, 0.5) is 0 Å². The summed E-state index contributed by atoms with van der Waals surface area (Å²) in [6.07, 6.45) is 4.35. The molecule has 6 nitrogen and oxygen atoms in total. The summed E-state index contributed by atoms with van der Waals surface area (Å²) in [7, 11) is 0. The van der Waals surface area contributed by atoms with Crippen LogP contribution < -0.4 is 10.6 Å². The smallest absolute Gasteiger partial charge is 0.237 e. The first-order valence-electron chi connectivity index (χ1n) is 6.06. The van der Waals surface area contributed by atoms with Crippen LogP contribution in [-0.4, -0.2) is 28.6 Å². The molecule has 0 aromatic carbocycles. The van der Waals surface area contributed by atoms with Crippen LogP contribution in [0.3, 0.4) is 0 Å². The first-order valence-corrected chi connectivity index (χ1v) is 6.06. The van der Waals surface area contributed by atoms with Crippen LogP contribution in [0.5, 0.6) is 0 Å². The first-order chi connectivity index (χ1) is 8.25. The van der Waals surface area contributed by atoms with Crippen LogP contribution in [0, 0.1) is 6.92 Å². The van der Waals surface area contributed by atoms with Crippen molar-refractivity contribution >= 4 is 5.91 Å². The Bertz CT molecular complexity index is 369. The van der Waals surface area contributed by atoms with Crippen molar-refractivity contribution in [3.63, 3.8) is 0 Å². The van der Waals surface area contributed by atoms with E-state index < -0.39 is 0 Å². The van der Waals surface area contributed by atoms with Crippen LogP contribution in [-0.2, 0) is 11.3 Å². The van der Waals surface area contributed by atoms with Crippen molar-refractivity contribution < 1.29 is 9.32 Å². The molecular weight excluding hydrogens is 220 g/mol. The van der Waals surface area contributed by atoms with Crippen molar-refractivity contribution in [1.29, 1.82) is 0 Å². The van der Waals surface area contributed by atoms with Gasteiger partial charge in [0.2, 0.25) is 11.8 Å². The fourth-order valence-corrected chi connectivity index (χ4v) is 1.95. The quantitative estimate of drug-likeness (QED) is 0.802. The van der Waals surface area contributed by atoms with E-state index in [1.165, 1.54) is 6.42 Å². The van der Waals surface area contributed by atoms with Gasteiger partial charge >= 0.3 is 0 Å². The SMILES string of the molecule is Cc1nc(CNC(=O)C2CCCCCN2)no1. The Kier molecular flexibility index (Phi) is 4.08. The molecule has 0 aliphatic carbocycles. The summed E-state index contributed by atoms with van der Waals surface area (Å²) < 4.78 is 4.83. The van der Waals surface area contributed by atoms with Gasteiger partial charge in [-0.05, 0) is 19.4 Å². The molecular formula is C11H18N4O2. The minimum absolute atomic E-state index is 0.0225. The van der Waals surface area contributed by atoms with E-state index in [0.717, 1.165) is 25.8 Å². The van der Waals surface area contributed by atoms with Gasteiger partial charge in [-0.2, -0.15) is 4.98 Å². The van der Waals surface area contributed by atoms with Gasteiger partial charge in [-0.1, -0.05) is 18.0 Å². The summed E-state index contributed by atoms with van der Waals surface area (Å²) in [6.45, 7) is 2.97. The number of hydrogen-bond acceptors (Lipinski definition) is 5. The molecule has 6 heteroatoms. The predicted molar refractivity (Wildman–Crippen MR) is 61.1 cm³/mol. The third kappa shape index (κ3) is 3.52. The summed E-state index contributed by atoms with van der Waals surface area (Å²) in [6, 6.07) is -0.0782.